The van der Waals surface area contributed by atoms with Gasteiger partial charge in [0.15, 0.2) is 0 Å². The van der Waals surface area contributed by atoms with Crippen LogP contribution in [0.2, 0.25) is 0 Å². The van der Waals surface area contributed by atoms with Crippen molar-refractivity contribution in [2.45, 2.75) is 33.2 Å². The molecular formula is C28H28N2O4S. The van der Waals surface area contributed by atoms with Gasteiger partial charge in [-0.05, 0) is 48.6 Å². The Hall–Kier alpha value is -3.71. The number of carbonyl (C=O) groups is 2. The molecule has 35 heavy (non-hydrogen) atoms. The molecule has 0 saturated heterocycles. The van der Waals surface area contributed by atoms with Gasteiger partial charge in [-0.1, -0.05) is 79.2 Å². The van der Waals surface area contributed by atoms with Gasteiger partial charge in [-0.25, -0.2) is 12.7 Å². The van der Waals surface area contributed by atoms with Crippen LogP contribution in [0.15, 0.2) is 84.4 Å². The van der Waals surface area contributed by atoms with Gasteiger partial charge in [-0.2, -0.15) is 0 Å². The zero-order valence-corrected chi connectivity index (χ0v) is 20.8. The van der Waals surface area contributed by atoms with E-state index in [1.54, 1.807) is 43.3 Å². The van der Waals surface area contributed by atoms with E-state index in [9.17, 15) is 18.0 Å². The van der Waals surface area contributed by atoms with Gasteiger partial charge in [-0.3, -0.25) is 9.59 Å². The molecule has 1 atom stereocenters. The van der Waals surface area contributed by atoms with E-state index < -0.39 is 15.9 Å². The fourth-order valence-electron chi connectivity index (χ4n) is 4.10. The van der Waals surface area contributed by atoms with Crippen molar-refractivity contribution in [1.29, 1.82) is 0 Å². The molecule has 0 radical (unpaired) electrons. The van der Waals surface area contributed by atoms with E-state index in [4.69, 9.17) is 0 Å². The molecule has 0 unspecified atom stereocenters. The molecule has 0 spiro atoms. The highest BCUT2D eigenvalue weighted by Crippen LogP contribution is 2.36. The van der Waals surface area contributed by atoms with Gasteiger partial charge in [0.05, 0.1) is 6.54 Å². The summed E-state index contributed by atoms with van der Waals surface area (Å²) in [5, 5.41) is 2.94. The first kappa shape index (κ1) is 24.4. The van der Waals surface area contributed by atoms with Crippen molar-refractivity contribution < 1.29 is 18.0 Å². The van der Waals surface area contributed by atoms with Crippen LogP contribution in [-0.2, 0) is 21.4 Å². The Kier molecular flexibility index (Phi) is 6.89. The number of sulfonamides is 1. The van der Waals surface area contributed by atoms with Gasteiger partial charge in [0.2, 0.25) is 0 Å². The highest BCUT2D eigenvalue weighted by molar-refractivity contribution is 7.99. The second-order valence-corrected chi connectivity index (χ2v) is 10.7. The molecule has 7 heteroatoms. The highest BCUT2D eigenvalue weighted by atomic mass is 32.2. The first-order valence-electron chi connectivity index (χ1n) is 11.5. The van der Waals surface area contributed by atoms with Crippen molar-refractivity contribution in [3.8, 4) is 0 Å². The summed E-state index contributed by atoms with van der Waals surface area (Å²) >= 11 is 0. The predicted octanol–water partition coefficient (Wildman–Crippen LogP) is 4.63. The van der Waals surface area contributed by atoms with Gasteiger partial charge < -0.3 is 5.32 Å². The lowest BCUT2D eigenvalue weighted by Crippen LogP contribution is -2.31. The van der Waals surface area contributed by atoms with Crippen molar-refractivity contribution in [3.63, 3.8) is 0 Å². The Labute approximate surface area is 206 Å². The van der Waals surface area contributed by atoms with Crippen LogP contribution in [0.1, 0.15) is 52.4 Å². The molecule has 0 aromatic heterocycles. The molecule has 0 fully saturated rings. The van der Waals surface area contributed by atoms with Crippen LogP contribution in [0.4, 0.5) is 0 Å². The monoisotopic (exact) mass is 488 g/mol. The molecule has 180 valence electrons. The Balaban J connectivity index is 1.43. The third-order valence-corrected chi connectivity index (χ3v) is 8.16. The topological polar surface area (TPSA) is 83.6 Å². The molecule has 1 heterocycles. The summed E-state index contributed by atoms with van der Waals surface area (Å²) in [5.74, 6) is -0.565. The number of carbonyl (C=O) groups excluding carboxylic acids is 2. The minimum Gasteiger partial charge on any atom is -0.351 e. The van der Waals surface area contributed by atoms with Crippen LogP contribution in [-0.4, -0.2) is 31.1 Å². The van der Waals surface area contributed by atoms with Crippen LogP contribution >= 0.6 is 0 Å². The fraction of sp³-hybridized carbons (Fsp3) is 0.214. The maximum atomic E-state index is 13.2. The van der Waals surface area contributed by atoms with Gasteiger partial charge in [0.1, 0.15) is 4.91 Å². The van der Waals surface area contributed by atoms with Gasteiger partial charge in [0, 0.05) is 17.7 Å². The van der Waals surface area contributed by atoms with Crippen LogP contribution in [0.25, 0.3) is 4.91 Å². The maximum Gasteiger partial charge on any atom is 0.268 e. The third-order valence-electron chi connectivity index (χ3n) is 6.23. The Morgan fingerprint density at radius 3 is 2.17 bits per heavy atom. The molecule has 1 aliphatic rings. The predicted molar refractivity (Wildman–Crippen MR) is 137 cm³/mol. The second-order valence-electron chi connectivity index (χ2n) is 8.86. The summed E-state index contributed by atoms with van der Waals surface area (Å²) in [6, 6.07) is 23.7. The average Bonchev–Trinajstić information content (AvgIpc) is 3.03. The van der Waals surface area contributed by atoms with E-state index >= 15 is 0 Å². The number of benzene rings is 3. The SMILES string of the molecule is CC1=C(c2ccc(C)cc2)S(=O)(=O)N(Cc2ccc(C(=O)NC[C@@H](C)c3ccccc3)cc2)C1=O. The van der Waals surface area contributed by atoms with Gasteiger partial charge >= 0.3 is 0 Å². The number of hydrogen-bond donors (Lipinski definition) is 1. The molecule has 0 aliphatic carbocycles. The molecule has 0 bridgehead atoms. The quantitative estimate of drug-likeness (QED) is 0.526. The van der Waals surface area contributed by atoms with Crippen molar-refractivity contribution in [2.24, 2.45) is 0 Å². The van der Waals surface area contributed by atoms with E-state index in [-0.39, 0.29) is 28.8 Å². The van der Waals surface area contributed by atoms with E-state index in [1.807, 2.05) is 56.3 Å². The number of amides is 2. The molecular weight excluding hydrogens is 460 g/mol. The average molecular weight is 489 g/mol. The summed E-state index contributed by atoms with van der Waals surface area (Å²) < 4.78 is 27.4. The molecule has 1 N–H and O–H groups in total. The first-order valence-corrected chi connectivity index (χ1v) is 12.9. The number of nitrogens with zero attached hydrogens (tertiary/aromatic N) is 1. The summed E-state index contributed by atoms with van der Waals surface area (Å²) in [5.41, 5.74) is 3.95. The molecule has 3 aromatic carbocycles. The largest absolute Gasteiger partial charge is 0.351 e. The Bertz CT molecular complexity index is 1380. The van der Waals surface area contributed by atoms with E-state index in [0.717, 1.165) is 15.4 Å². The zero-order valence-electron chi connectivity index (χ0n) is 20.0. The molecule has 1 aliphatic heterocycles. The van der Waals surface area contributed by atoms with E-state index in [0.29, 0.717) is 23.2 Å². The number of nitrogens with one attached hydrogen (secondary N) is 1. The van der Waals surface area contributed by atoms with Crippen LogP contribution in [0, 0.1) is 6.92 Å². The Morgan fingerprint density at radius 2 is 1.54 bits per heavy atom. The van der Waals surface area contributed by atoms with Crippen molar-refractivity contribution >= 4 is 26.7 Å². The van der Waals surface area contributed by atoms with Crippen LogP contribution < -0.4 is 5.32 Å². The highest BCUT2D eigenvalue weighted by Gasteiger charge is 2.42. The number of hydrogen-bond acceptors (Lipinski definition) is 4. The van der Waals surface area contributed by atoms with E-state index in [1.165, 1.54) is 0 Å². The molecule has 6 nitrogen and oxygen atoms in total. The molecule has 0 saturated carbocycles. The van der Waals surface area contributed by atoms with Gasteiger partial charge in [0.25, 0.3) is 21.8 Å². The van der Waals surface area contributed by atoms with Crippen molar-refractivity contribution in [1.82, 2.24) is 9.62 Å². The van der Waals surface area contributed by atoms with Crippen LogP contribution in [0.5, 0.6) is 0 Å². The normalized spacial score (nSPS) is 15.9. The lowest BCUT2D eigenvalue weighted by atomic mass is 10.0. The van der Waals surface area contributed by atoms with Gasteiger partial charge in [-0.15, -0.1) is 0 Å². The molecule has 3 aromatic rings. The summed E-state index contributed by atoms with van der Waals surface area (Å²) in [6.45, 7) is 5.91. The maximum absolute atomic E-state index is 13.2. The lowest BCUT2D eigenvalue weighted by molar-refractivity contribution is -0.122. The summed E-state index contributed by atoms with van der Waals surface area (Å²) in [7, 11) is -3.98. The third kappa shape index (κ3) is 5.05. The van der Waals surface area contributed by atoms with Crippen molar-refractivity contribution in [3.05, 3.63) is 112 Å². The summed E-state index contributed by atoms with van der Waals surface area (Å²) in [4.78, 5) is 25.5. The molecule has 2 amide bonds. The lowest BCUT2D eigenvalue weighted by Gasteiger charge is -2.17. The Morgan fingerprint density at radius 1 is 0.914 bits per heavy atom. The first-order chi connectivity index (χ1) is 16.7. The smallest absolute Gasteiger partial charge is 0.268 e. The second kappa shape index (κ2) is 9.88. The van der Waals surface area contributed by atoms with Crippen LogP contribution in [0.3, 0.4) is 0 Å². The fourth-order valence-corrected chi connectivity index (χ4v) is 5.90. The minimum atomic E-state index is -3.98. The van der Waals surface area contributed by atoms with Crippen molar-refractivity contribution in [2.75, 3.05) is 6.54 Å². The minimum absolute atomic E-state index is 0.0473. The van der Waals surface area contributed by atoms with E-state index in [2.05, 4.69) is 5.32 Å². The standard InChI is InChI=1S/C28H28N2O4S/c1-19-9-13-24(14-10-19)26-21(3)28(32)30(35(26,33)34)18-22-11-15-25(16-12-22)27(31)29-17-20(2)23-7-5-4-6-8-23/h4-16,20H,17-18H2,1-3H3,(H,29,31)/t20-/m1/s1. The zero-order chi connectivity index (χ0) is 25.2. The summed E-state index contributed by atoms with van der Waals surface area (Å²) in [6.07, 6.45) is 0. The number of aryl methyl sites for hydroxylation is 1. The number of rotatable bonds is 7. The molecule has 4 rings (SSSR count).